The van der Waals surface area contributed by atoms with E-state index in [0.717, 1.165) is 67.3 Å². The molecule has 0 aliphatic carbocycles. The molecule has 8 aromatic carbocycles. The van der Waals surface area contributed by atoms with E-state index in [-0.39, 0.29) is 0 Å². The van der Waals surface area contributed by atoms with Crippen molar-refractivity contribution < 1.29 is 0 Å². The smallest absolute Gasteiger partial charge is 0.160 e. The van der Waals surface area contributed by atoms with Crippen molar-refractivity contribution in [1.29, 1.82) is 0 Å². The van der Waals surface area contributed by atoms with Crippen LogP contribution in [0.2, 0.25) is 0 Å². The average molecular weight is 677 g/mol. The highest BCUT2D eigenvalue weighted by Crippen LogP contribution is 2.38. The van der Waals surface area contributed by atoms with E-state index in [1.165, 1.54) is 21.5 Å². The third-order valence-electron chi connectivity index (χ3n) is 9.98. The van der Waals surface area contributed by atoms with Gasteiger partial charge in [0.15, 0.2) is 5.82 Å². The van der Waals surface area contributed by atoms with Crippen LogP contribution < -0.4 is 0 Å². The molecule has 0 N–H and O–H groups in total. The summed E-state index contributed by atoms with van der Waals surface area (Å²) in [5.41, 5.74) is 11.4. The van der Waals surface area contributed by atoms with Crippen LogP contribution in [0.25, 0.3) is 94.7 Å². The summed E-state index contributed by atoms with van der Waals surface area (Å²) in [5, 5.41) is 4.74. The van der Waals surface area contributed by atoms with Crippen LogP contribution in [-0.2, 0) is 0 Å². The maximum atomic E-state index is 5.22. The number of benzene rings is 8. The summed E-state index contributed by atoms with van der Waals surface area (Å²) >= 11 is 0. The molecule has 0 saturated carbocycles. The fourth-order valence-electron chi connectivity index (χ4n) is 7.43. The van der Waals surface area contributed by atoms with Crippen LogP contribution in [0, 0.1) is 0 Å². The van der Waals surface area contributed by atoms with Crippen molar-refractivity contribution in [2.24, 2.45) is 0 Å². The van der Waals surface area contributed by atoms with E-state index in [9.17, 15) is 0 Å². The molecular weight excluding hydrogens is 645 g/mol. The molecule has 0 atom stereocenters. The molecule has 4 nitrogen and oxygen atoms in total. The molecule has 2 aromatic heterocycles. The summed E-state index contributed by atoms with van der Waals surface area (Å²) in [5.74, 6) is 1.63. The van der Waals surface area contributed by atoms with E-state index in [1.807, 2.05) is 42.5 Å². The number of imidazole rings is 1. The van der Waals surface area contributed by atoms with Crippen LogP contribution in [0.5, 0.6) is 0 Å². The second kappa shape index (κ2) is 12.9. The van der Waals surface area contributed by atoms with Crippen molar-refractivity contribution in [3.63, 3.8) is 0 Å². The Morgan fingerprint density at radius 2 is 0.906 bits per heavy atom. The molecule has 0 aliphatic rings. The second-order valence-corrected chi connectivity index (χ2v) is 13.3. The molecule has 0 amide bonds. The Balaban J connectivity index is 1.12. The highest BCUT2D eigenvalue weighted by atomic mass is 15.1. The number of hydrogen-bond donors (Lipinski definition) is 0. The Labute approximate surface area is 307 Å². The molecule has 248 valence electrons. The summed E-state index contributed by atoms with van der Waals surface area (Å²) in [4.78, 5) is 15.4. The van der Waals surface area contributed by atoms with Crippen LogP contribution in [0.1, 0.15) is 0 Å². The number of hydrogen-bond acceptors (Lipinski definition) is 3. The first kappa shape index (κ1) is 30.6. The first-order chi connectivity index (χ1) is 26.3. The van der Waals surface area contributed by atoms with Gasteiger partial charge >= 0.3 is 0 Å². The molecule has 0 saturated heterocycles. The zero-order valence-electron chi connectivity index (χ0n) is 28.8. The Morgan fingerprint density at radius 3 is 1.58 bits per heavy atom. The molecule has 0 radical (unpaired) electrons. The van der Waals surface area contributed by atoms with Crippen molar-refractivity contribution in [3.8, 4) is 62.1 Å². The first-order valence-electron chi connectivity index (χ1n) is 17.9. The number of nitrogens with zero attached hydrogens (tertiary/aromatic N) is 4. The zero-order chi connectivity index (χ0) is 35.1. The summed E-state index contributed by atoms with van der Waals surface area (Å²) in [6.07, 6.45) is 0. The first-order valence-corrected chi connectivity index (χ1v) is 17.9. The minimum atomic E-state index is 0.699. The van der Waals surface area contributed by atoms with E-state index in [4.69, 9.17) is 15.0 Å². The van der Waals surface area contributed by atoms with E-state index in [0.29, 0.717) is 5.82 Å². The predicted octanol–water partition coefficient (Wildman–Crippen LogP) is 12.5. The second-order valence-electron chi connectivity index (χ2n) is 13.3. The summed E-state index contributed by atoms with van der Waals surface area (Å²) < 4.78 is 2.32. The predicted molar refractivity (Wildman–Crippen MR) is 219 cm³/mol. The third-order valence-corrected chi connectivity index (χ3v) is 9.98. The standard InChI is InChI=1S/C49H32N4/c1-5-14-33(15-6-1)44-32-45(34-16-7-2-8-17-34)51-48(50-44)40-21-13-20-37(31-40)38-26-28-42-39(30-38)25-24-35-27-29-43-47(46(35)42)53(41-22-11-4-12-23-41)49(52-43)36-18-9-3-10-19-36/h1-32H. The van der Waals surface area contributed by atoms with E-state index >= 15 is 0 Å². The average Bonchev–Trinajstić information content (AvgIpc) is 3.64. The zero-order valence-corrected chi connectivity index (χ0v) is 28.8. The lowest BCUT2D eigenvalue weighted by Crippen LogP contribution is -1.98. The van der Waals surface area contributed by atoms with Gasteiger partial charge < -0.3 is 0 Å². The largest absolute Gasteiger partial charge is 0.292 e. The third kappa shape index (κ3) is 5.54. The van der Waals surface area contributed by atoms with Gasteiger partial charge in [-0.3, -0.25) is 4.57 Å². The lowest BCUT2D eigenvalue weighted by Gasteiger charge is -2.13. The number of para-hydroxylation sites is 1. The number of fused-ring (bicyclic) bond motifs is 5. The molecule has 0 fully saturated rings. The van der Waals surface area contributed by atoms with Gasteiger partial charge in [0.1, 0.15) is 5.82 Å². The van der Waals surface area contributed by atoms with Crippen molar-refractivity contribution in [2.45, 2.75) is 0 Å². The molecule has 0 unspecified atom stereocenters. The maximum absolute atomic E-state index is 5.22. The van der Waals surface area contributed by atoms with Crippen LogP contribution in [0.3, 0.4) is 0 Å². The monoisotopic (exact) mass is 676 g/mol. The summed E-state index contributed by atoms with van der Waals surface area (Å²) in [6.45, 7) is 0. The van der Waals surface area contributed by atoms with Crippen molar-refractivity contribution in [1.82, 2.24) is 19.5 Å². The van der Waals surface area contributed by atoms with Crippen LogP contribution >= 0.6 is 0 Å². The van der Waals surface area contributed by atoms with Crippen LogP contribution in [-0.4, -0.2) is 19.5 Å². The van der Waals surface area contributed by atoms with Gasteiger partial charge in [-0.1, -0.05) is 158 Å². The Bertz CT molecular complexity index is 2860. The van der Waals surface area contributed by atoms with Gasteiger partial charge in [-0.25, -0.2) is 15.0 Å². The fraction of sp³-hybridized carbons (Fsp3) is 0. The Hall–Kier alpha value is -7.17. The molecule has 53 heavy (non-hydrogen) atoms. The molecule has 10 rings (SSSR count). The van der Waals surface area contributed by atoms with Gasteiger partial charge in [0.05, 0.1) is 22.4 Å². The van der Waals surface area contributed by atoms with E-state index in [2.05, 4.69) is 156 Å². The normalized spacial score (nSPS) is 11.4. The van der Waals surface area contributed by atoms with Crippen molar-refractivity contribution >= 4 is 32.6 Å². The van der Waals surface area contributed by atoms with E-state index < -0.39 is 0 Å². The van der Waals surface area contributed by atoms with Gasteiger partial charge in [-0.05, 0) is 63.7 Å². The topological polar surface area (TPSA) is 43.6 Å². The van der Waals surface area contributed by atoms with Gasteiger partial charge in [0.2, 0.25) is 0 Å². The number of rotatable bonds is 6. The van der Waals surface area contributed by atoms with Crippen LogP contribution in [0.15, 0.2) is 194 Å². The van der Waals surface area contributed by atoms with Gasteiger partial charge in [-0.15, -0.1) is 0 Å². The minimum Gasteiger partial charge on any atom is -0.292 e. The van der Waals surface area contributed by atoms with Gasteiger partial charge in [0.25, 0.3) is 0 Å². The molecule has 10 aromatic rings. The summed E-state index contributed by atoms with van der Waals surface area (Å²) in [6, 6.07) is 67.9. The van der Waals surface area contributed by atoms with Crippen molar-refractivity contribution in [2.75, 3.05) is 0 Å². The number of aromatic nitrogens is 4. The Morgan fingerprint density at radius 1 is 0.358 bits per heavy atom. The molecule has 4 heteroatoms. The maximum Gasteiger partial charge on any atom is 0.160 e. The molecule has 0 spiro atoms. The lowest BCUT2D eigenvalue weighted by molar-refractivity contribution is 1.11. The fourth-order valence-corrected chi connectivity index (χ4v) is 7.43. The molecule has 2 heterocycles. The molecule has 0 aliphatic heterocycles. The quantitative estimate of drug-likeness (QED) is 0.165. The SMILES string of the molecule is c1ccc(-c2cc(-c3ccccc3)nc(-c3cccc(-c4ccc5c(ccc6ccc7nc(-c8ccccc8)n(-c8ccccc8)c7c65)c4)c3)n2)cc1. The van der Waals surface area contributed by atoms with E-state index in [1.54, 1.807) is 0 Å². The van der Waals surface area contributed by atoms with Crippen molar-refractivity contribution in [3.05, 3.63) is 194 Å². The minimum absolute atomic E-state index is 0.699. The highest BCUT2D eigenvalue weighted by molar-refractivity contribution is 6.20. The lowest BCUT2D eigenvalue weighted by atomic mass is 9.96. The molecular formula is C49H32N4. The Kier molecular flexibility index (Phi) is 7.43. The summed E-state index contributed by atoms with van der Waals surface area (Å²) in [7, 11) is 0. The molecule has 0 bridgehead atoms. The van der Waals surface area contributed by atoms with Gasteiger partial charge in [0, 0.05) is 33.3 Å². The van der Waals surface area contributed by atoms with Gasteiger partial charge in [-0.2, -0.15) is 0 Å². The van der Waals surface area contributed by atoms with Crippen LogP contribution in [0.4, 0.5) is 0 Å². The highest BCUT2D eigenvalue weighted by Gasteiger charge is 2.19.